The molecule has 7 nitrogen and oxygen atoms in total. The molecule has 1 unspecified atom stereocenters. The molecule has 4 rings (SSSR count). The number of benzene rings is 2. The molecule has 1 aliphatic heterocycles. The molecular weight excluding hydrogens is 354 g/mol. The van der Waals surface area contributed by atoms with Crippen LogP contribution in [-0.2, 0) is 23.3 Å². The van der Waals surface area contributed by atoms with Crippen molar-refractivity contribution in [1.29, 1.82) is 0 Å². The lowest BCUT2D eigenvalue weighted by Gasteiger charge is -2.34. The fraction of sp³-hybridized carbons (Fsp3) is 0.333. The number of hydrogen-bond acceptors (Lipinski definition) is 5. The Bertz CT molecular complexity index is 954. The van der Waals surface area contributed by atoms with Crippen LogP contribution >= 0.6 is 0 Å². The van der Waals surface area contributed by atoms with E-state index >= 15 is 0 Å². The molecule has 2 aromatic carbocycles. The molecular formula is C21H23N5O2. The topological polar surface area (TPSA) is 84.1 Å². The summed E-state index contributed by atoms with van der Waals surface area (Å²) in [7, 11) is 0. The average Bonchev–Trinajstić information content (AvgIpc) is 3.28. The van der Waals surface area contributed by atoms with Crippen molar-refractivity contribution in [1.82, 2.24) is 25.1 Å². The molecule has 1 atom stereocenters. The van der Waals surface area contributed by atoms with E-state index in [0.717, 1.165) is 11.1 Å². The van der Waals surface area contributed by atoms with Crippen LogP contribution in [0.1, 0.15) is 36.7 Å². The van der Waals surface area contributed by atoms with Gasteiger partial charge in [-0.1, -0.05) is 42.5 Å². The smallest absolute Gasteiger partial charge is 0.223 e. The van der Waals surface area contributed by atoms with Gasteiger partial charge in [-0.3, -0.25) is 4.79 Å². The highest BCUT2D eigenvalue weighted by molar-refractivity contribution is 5.79. The quantitative estimate of drug-likeness (QED) is 0.714. The second kappa shape index (κ2) is 7.42. The standard InChI is InChI=1S/C21H23N5O2/c1-21(20-22-23-24-26(20)15-17-5-3-2-4-6-17)13-11-19(28)25(21)14-12-16-7-9-18(27)10-8-16/h2-10,27H,11-15H2,1H3. The van der Waals surface area contributed by atoms with Crippen LogP contribution in [0, 0.1) is 0 Å². The predicted molar refractivity (Wildman–Crippen MR) is 103 cm³/mol. The number of rotatable bonds is 6. The van der Waals surface area contributed by atoms with Gasteiger partial charge in [0.1, 0.15) is 11.3 Å². The van der Waals surface area contributed by atoms with Gasteiger partial charge in [0.15, 0.2) is 5.82 Å². The van der Waals surface area contributed by atoms with Crippen molar-refractivity contribution < 1.29 is 9.90 Å². The van der Waals surface area contributed by atoms with Gasteiger partial charge in [-0.05, 0) is 53.5 Å². The maximum Gasteiger partial charge on any atom is 0.223 e. The Kier molecular flexibility index (Phi) is 4.81. The van der Waals surface area contributed by atoms with E-state index in [9.17, 15) is 9.90 Å². The molecule has 1 aromatic heterocycles. The van der Waals surface area contributed by atoms with Crippen molar-refractivity contribution in [2.75, 3.05) is 6.54 Å². The van der Waals surface area contributed by atoms with Crippen molar-refractivity contribution in [3.63, 3.8) is 0 Å². The van der Waals surface area contributed by atoms with Crippen LogP contribution in [0.5, 0.6) is 5.75 Å². The van der Waals surface area contributed by atoms with E-state index in [4.69, 9.17) is 0 Å². The molecule has 0 spiro atoms. The van der Waals surface area contributed by atoms with Crippen molar-refractivity contribution in [2.45, 2.75) is 38.3 Å². The summed E-state index contributed by atoms with van der Waals surface area (Å²) < 4.78 is 1.79. The van der Waals surface area contributed by atoms with E-state index in [-0.39, 0.29) is 11.7 Å². The molecule has 2 heterocycles. The summed E-state index contributed by atoms with van der Waals surface area (Å²) in [6, 6.07) is 17.1. The minimum absolute atomic E-state index is 0.121. The van der Waals surface area contributed by atoms with Crippen LogP contribution in [0.4, 0.5) is 0 Å². The minimum atomic E-state index is -0.535. The van der Waals surface area contributed by atoms with E-state index in [1.807, 2.05) is 54.3 Å². The first-order valence-electron chi connectivity index (χ1n) is 9.45. The van der Waals surface area contributed by atoms with Gasteiger partial charge >= 0.3 is 0 Å². The van der Waals surface area contributed by atoms with Crippen molar-refractivity contribution in [2.24, 2.45) is 0 Å². The Balaban J connectivity index is 1.56. The Morgan fingerprint density at radius 3 is 2.57 bits per heavy atom. The van der Waals surface area contributed by atoms with Gasteiger partial charge in [-0.25, -0.2) is 4.68 Å². The number of carbonyl (C=O) groups is 1. The van der Waals surface area contributed by atoms with E-state index in [2.05, 4.69) is 15.5 Å². The molecule has 144 valence electrons. The zero-order valence-corrected chi connectivity index (χ0v) is 15.8. The summed E-state index contributed by atoms with van der Waals surface area (Å²) >= 11 is 0. The van der Waals surface area contributed by atoms with Gasteiger partial charge in [0.2, 0.25) is 5.91 Å². The first kappa shape index (κ1) is 18.2. The zero-order valence-electron chi connectivity index (χ0n) is 15.8. The molecule has 0 saturated carbocycles. The van der Waals surface area contributed by atoms with E-state index in [1.165, 1.54) is 0 Å². The maximum atomic E-state index is 12.6. The molecule has 1 amide bonds. The first-order chi connectivity index (χ1) is 13.6. The third-order valence-electron chi connectivity index (χ3n) is 5.47. The Morgan fingerprint density at radius 1 is 1.07 bits per heavy atom. The fourth-order valence-electron chi connectivity index (χ4n) is 3.86. The van der Waals surface area contributed by atoms with Crippen LogP contribution in [0.15, 0.2) is 54.6 Å². The Morgan fingerprint density at radius 2 is 1.82 bits per heavy atom. The average molecular weight is 377 g/mol. The van der Waals surface area contributed by atoms with Gasteiger partial charge in [-0.15, -0.1) is 5.10 Å². The third-order valence-corrected chi connectivity index (χ3v) is 5.47. The molecule has 1 saturated heterocycles. The Hall–Kier alpha value is -3.22. The number of tetrazole rings is 1. The summed E-state index contributed by atoms with van der Waals surface area (Å²) in [4.78, 5) is 14.5. The number of carbonyl (C=O) groups excluding carboxylic acids is 1. The monoisotopic (exact) mass is 377 g/mol. The molecule has 0 bridgehead atoms. The summed E-state index contributed by atoms with van der Waals surface area (Å²) in [6.45, 7) is 3.19. The number of aromatic nitrogens is 4. The van der Waals surface area contributed by atoms with Gasteiger partial charge in [0, 0.05) is 13.0 Å². The highest BCUT2D eigenvalue weighted by Gasteiger charge is 2.46. The molecule has 7 heteroatoms. The van der Waals surface area contributed by atoms with Gasteiger partial charge in [0.05, 0.1) is 6.54 Å². The normalized spacial score (nSPS) is 19.3. The molecule has 0 aliphatic carbocycles. The molecule has 28 heavy (non-hydrogen) atoms. The van der Waals surface area contributed by atoms with Crippen LogP contribution in [0.3, 0.4) is 0 Å². The molecule has 3 aromatic rings. The maximum absolute atomic E-state index is 12.6. The first-order valence-corrected chi connectivity index (χ1v) is 9.45. The SMILES string of the molecule is CC1(c2nnnn2Cc2ccccc2)CCC(=O)N1CCc1ccc(O)cc1. The lowest BCUT2D eigenvalue weighted by molar-refractivity contribution is -0.131. The van der Waals surface area contributed by atoms with Crippen LogP contribution in [0.2, 0.25) is 0 Å². The zero-order chi connectivity index (χ0) is 19.6. The van der Waals surface area contributed by atoms with Crippen LogP contribution < -0.4 is 0 Å². The van der Waals surface area contributed by atoms with E-state index in [0.29, 0.717) is 38.2 Å². The van der Waals surface area contributed by atoms with Crippen molar-refractivity contribution >= 4 is 5.91 Å². The number of phenolic OH excluding ortho intramolecular Hbond substituents is 1. The van der Waals surface area contributed by atoms with Crippen molar-refractivity contribution in [3.8, 4) is 5.75 Å². The highest BCUT2D eigenvalue weighted by atomic mass is 16.3. The molecule has 1 N–H and O–H groups in total. The van der Waals surface area contributed by atoms with E-state index in [1.54, 1.807) is 16.8 Å². The summed E-state index contributed by atoms with van der Waals surface area (Å²) in [5, 5.41) is 21.8. The van der Waals surface area contributed by atoms with Crippen molar-refractivity contribution in [3.05, 3.63) is 71.5 Å². The fourth-order valence-corrected chi connectivity index (χ4v) is 3.86. The summed E-state index contributed by atoms with van der Waals surface area (Å²) in [5.41, 5.74) is 1.65. The molecule has 0 radical (unpaired) electrons. The number of hydrogen-bond donors (Lipinski definition) is 1. The van der Waals surface area contributed by atoms with Gasteiger partial charge < -0.3 is 10.0 Å². The van der Waals surface area contributed by atoms with E-state index < -0.39 is 5.54 Å². The minimum Gasteiger partial charge on any atom is -0.508 e. The van der Waals surface area contributed by atoms with Crippen LogP contribution in [-0.4, -0.2) is 42.7 Å². The number of aromatic hydroxyl groups is 1. The summed E-state index contributed by atoms with van der Waals surface area (Å²) in [5.74, 6) is 1.08. The summed E-state index contributed by atoms with van der Waals surface area (Å²) in [6.07, 6.45) is 1.89. The van der Waals surface area contributed by atoms with Crippen LogP contribution in [0.25, 0.3) is 0 Å². The Labute approximate surface area is 163 Å². The third kappa shape index (κ3) is 3.47. The number of phenols is 1. The second-order valence-electron chi connectivity index (χ2n) is 7.38. The van der Waals surface area contributed by atoms with Gasteiger partial charge in [0.25, 0.3) is 0 Å². The lowest BCUT2D eigenvalue weighted by atomic mass is 9.97. The number of likely N-dealkylation sites (tertiary alicyclic amines) is 1. The number of amides is 1. The second-order valence-corrected chi connectivity index (χ2v) is 7.38. The lowest BCUT2D eigenvalue weighted by Crippen LogP contribution is -2.44. The van der Waals surface area contributed by atoms with Gasteiger partial charge in [-0.2, -0.15) is 0 Å². The number of nitrogens with zero attached hydrogens (tertiary/aromatic N) is 5. The molecule has 1 fully saturated rings. The highest BCUT2D eigenvalue weighted by Crippen LogP contribution is 2.38. The molecule has 1 aliphatic rings. The predicted octanol–water partition coefficient (Wildman–Crippen LogP) is 2.51. The largest absolute Gasteiger partial charge is 0.508 e.